The van der Waals surface area contributed by atoms with Gasteiger partial charge in [0.05, 0.1) is 13.7 Å². The predicted molar refractivity (Wildman–Crippen MR) is 345 cm³/mol. The molecule has 0 saturated carbocycles. The summed E-state index contributed by atoms with van der Waals surface area (Å²) in [7, 11) is 0. The van der Waals surface area contributed by atoms with Crippen LogP contribution in [0.25, 0.3) is 125 Å². The van der Waals surface area contributed by atoms with Gasteiger partial charge in [-0.3, -0.25) is 0 Å². The summed E-state index contributed by atoms with van der Waals surface area (Å²) < 4.78 is 100. The summed E-state index contributed by atoms with van der Waals surface area (Å²) in [5.41, 5.74) is 4.73. The second-order valence-electron chi connectivity index (χ2n) is 21.5. The topological polar surface area (TPSA) is 43.8 Å². The van der Waals surface area contributed by atoms with Crippen molar-refractivity contribution in [1.29, 1.82) is 0 Å². The summed E-state index contributed by atoms with van der Waals surface area (Å²) in [5, 5.41) is 13.4. The minimum absolute atomic E-state index is 0. The summed E-state index contributed by atoms with van der Waals surface area (Å²) in [6.07, 6.45) is 5.29. The van der Waals surface area contributed by atoms with Crippen molar-refractivity contribution in [1.82, 2.24) is 14.0 Å². The second-order valence-corrected chi connectivity index (χ2v) is 21.5. The van der Waals surface area contributed by atoms with Gasteiger partial charge in [-0.05, 0) is 100 Å². The normalized spacial score (nSPS) is 13.6. The third-order valence-electron chi connectivity index (χ3n) is 15.7. The molecule has 5 nitrogen and oxygen atoms in total. The first-order chi connectivity index (χ1) is 44.4. The van der Waals surface area contributed by atoms with Gasteiger partial charge in [-0.2, -0.15) is 18.2 Å². The predicted octanol–water partition coefficient (Wildman–Crippen LogP) is 20.6. The standard InChI is InChI=1S/C77H53N4O.Pt/c1-49-22-19-37-66-61-32-15-12-28-57(61)56-27-11-14-30-59(56)63-42-40-52(46-70(63)80(74(49)66)48-79-73-54(50-23-7-5-8-24-50)35-20-36-55(73)51-25-9-6-10-26-51)82-53-41-43-64-68-39-21-38-67-62-33-16-13-29-58(62)60-31-17-18-34-65(60)72-69(77(2,3)4)44-45-78-76(72)81(75(67)68)71(64)47-53;/h5-45H,1-4H3;/q-3;/i5D,6D,7D,8D,9D,10D,23D,24D,25D,26D;. The van der Waals surface area contributed by atoms with Gasteiger partial charge in [0.15, 0.2) is 0 Å². The minimum atomic E-state index is -0.601. The number of aromatic nitrogens is 3. The second kappa shape index (κ2) is 20.7. The molecule has 0 fully saturated rings. The van der Waals surface area contributed by atoms with Gasteiger partial charge >= 0.3 is 0 Å². The summed E-state index contributed by atoms with van der Waals surface area (Å²) in [4.78, 5) is 10.5. The molecular weight excluding hydrogens is 1190 g/mol. The van der Waals surface area contributed by atoms with Crippen molar-refractivity contribution in [2.75, 3.05) is 0 Å². The zero-order valence-corrected chi connectivity index (χ0v) is 47.7. The molecule has 0 saturated heterocycles. The Morgan fingerprint density at radius 1 is 0.470 bits per heavy atom. The quantitative estimate of drug-likeness (QED) is 0.0946. The smallest absolute Gasteiger partial charge is 0.143 e. The van der Waals surface area contributed by atoms with Crippen molar-refractivity contribution in [2.45, 2.75) is 33.1 Å². The molecule has 0 atom stereocenters. The fourth-order valence-electron chi connectivity index (χ4n) is 12.1. The Morgan fingerprint density at radius 2 is 0.904 bits per heavy atom. The van der Waals surface area contributed by atoms with Gasteiger partial charge in [0.1, 0.15) is 5.65 Å². The molecule has 0 bridgehead atoms. The van der Waals surface area contributed by atoms with Crippen LogP contribution in [0.4, 0.5) is 5.69 Å². The summed E-state index contributed by atoms with van der Waals surface area (Å²) in [6.45, 7) is 8.67. The molecular formula is C77H53N4OPt-3. The van der Waals surface area contributed by atoms with E-state index in [0.29, 0.717) is 27.9 Å². The first-order valence-electron chi connectivity index (χ1n) is 32.2. The van der Waals surface area contributed by atoms with Crippen molar-refractivity contribution >= 4 is 115 Å². The molecule has 0 radical (unpaired) electrons. The first kappa shape index (κ1) is 41.3. The molecule has 0 aliphatic rings. The van der Waals surface area contributed by atoms with Crippen LogP contribution in [-0.4, -0.2) is 20.3 Å². The van der Waals surface area contributed by atoms with Crippen LogP contribution >= 0.6 is 0 Å². The number of nitrogens with zero attached hydrogens (tertiary/aromatic N) is 4. The van der Waals surface area contributed by atoms with Crippen LogP contribution in [-0.2, 0) is 26.5 Å². The maximum absolute atomic E-state index is 9.23. The van der Waals surface area contributed by atoms with E-state index in [2.05, 4.69) is 141 Å². The summed E-state index contributed by atoms with van der Waals surface area (Å²) in [5.74, 6) is 0.684. The number of ether oxygens (including phenoxy) is 1. The van der Waals surface area contributed by atoms with E-state index in [0.717, 1.165) is 97.8 Å². The largest absolute Gasteiger partial charge is 0.510 e. The van der Waals surface area contributed by atoms with E-state index in [1.54, 1.807) is 22.8 Å². The van der Waals surface area contributed by atoms with Crippen LogP contribution in [0.3, 0.4) is 0 Å². The van der Waals surface area contributed by atoms with Crippen LogP contribution in [0.2, 0.25) is 0 Å². The first-order valence-corrected chi connectivity index (χ1v) is 27.2. The van der Waals surface area contributed by atoms with Crippen molar-refractivity contribution in [3.05, 3.63) is 272 Å². The fraction of sp³-hybridized carbons (Fsp3) is 0.0649. The van der Waals surface area contributed by atoms with Gasteiger partial charge in [0.25, 0.3) is 0 Å². The fourth-order valence-corrected chi connectivity index (χ4v) is 12.1. The van der Waals surface area contributed by atoms with E-state index < -0.39 is 60.4 Å². The zero-order chi connectivity index (χ0) is 63.8. The molecule has 0 aliphatic heterocycles. The molecule has 15 aromatic rings. The van der Waals surface area contributed by atoms with Crippen molar-refractivity contribution < 1.29 is 39.5 Å². The maximum atomic E-state index is 9.23. The van der Waals surface area contributed by atoms with Gasteiger partial charge in [0.2, 0.25) is 0 Å². The molecule has 0 aliphatic carbocycles. The average molecular weight is 1260 g/mol. The number of aliphatic imine (C=N–C) groups is 1. The Bertz CT molecular complexity index is 5750. The van der Waals surface area contributed by atoms with Gasteiger partial charge in [0, 0.05) is 67.1 Å². The Morgan fingerprint density at radius 3 is 1.46 bits per heavy atom. The number of pyridine rings is 1. The van der Waals surface area contributed by atoms with Crippen LogP contribution in [0, 0.1) is 19.1 Å². The average Bonchev–Trinajstić information content (AvgIpc) is 1.58. The zero-order valence-electron chi connectivity index (χ0n) is 55.4. The van der Waals surface area contributed by atoms with Crippen LogP contribution < -0.4 is 4.74 Å². The van der Waals surface area contributed by atoms with Crippen molar-refractivity contribution in [3.63, 3.8) is 0 Å². The number of aryl methyl sites for hydroxylation is 1. The van der Waals surface area contributed by atoms with Crippen molar-refractivity contribution in [3.8, 4) is 33.8 Å². The molecule has 0 unspecified atom stereocenters. The van der Waals surface area contributed by atoms with Gasteiger partial charge < -0.3 is 18.7 Å². The van der Waals surface area contributed by atoms with E-state index >= 15 is 0 Å². The van der Waals surface area contributed by atoms with Gasteiger partial charge in [-0.15, -0.1) is 34.5 Å². The van der Waals surface area contributed by atoms with E-state index in [9.17, 15) is 5.48 Å². The molecule has 0 N–H and O–H groups in total. The maximum Gasteiger partial charge on any atom is 0.143 e. The Balaban J connectivity index is 0.00000749. The van der Waals surface area contributed by atoms with Gasteiger partial charge in [-0.1, -0.05) is 249 Å². The van der Waals surface area contributed by atoms with Crippen molar-refractivity contribution in [2.24, 2.45) is 4.99 Å². The molecule has 11 aromatic carbocycles. The molecule has 83 heavy (non-hydrogen) atoms. The number of rotatable bonds is 6. The molecule has 400 valence electrons. The van der Waals surface area contributed by atoms with E-state index in [1.807, 2.05) is 79.9 Å². The molecule has 0 spiro atoms. The number of fused-ring (bicyclic) bond motifs is 17. The summed E-state index contributed by atoms with van der Waals surface area (Å²) in [6, 6.07) is 62.2. The number of hydrogen-bond donors (Lipinski definition) is 0. The van der Waals surface area contributed by atoms with Crippen LogP contribution in [0.15, 0.2) is 254 Å². The Kier molecular flexibility index (Phi) is 10.3. The van der Waals surface area contributed by atoms with Crippen LogP contribution in [0.5, 0.6) is 11.5 Å². The SMILES string of the molecule is [2H]c1c([2H])c([2H])c(-c2cccc(-c3c([2H])c([2H])c([2H])c([2H])c3[2H])c2N=[C-]n2c3[c-]c(Oc4[c-]c5c(cc4)c4cccc6c7ccccc7c7ccccc7c7c(C(C)(C)C)ccnc7n5c64)ccc3c3ccccc3c3ccccc3c3cccc(C)c32)c([2H])c1[2H].[Pt]. The number of para-hydroxylation sites is 3. The van der Waals surface area contributed by atoms with E-state index in [4.69, 9.17) is 22.9 Å². The summed E-state index contributed by atoms with van der Waals surface area (Å²) >= 11 is 0. The minimum Gasteiger partial charge on any atom is -0.510 e. The van der Waals surface area contributed by atoms with Crippen LogP contribution in [0.1, 0.15) is 45.6 Å². The molecule has 4 heterocycles. The molecule has 0 amide bonds. The van der Waals surface area contributed by atoms with Gasteiger partial charge in [-0.25, -0.2) is 4.98 Å². The molecule has 15 rings (SSSR count). The van der Waals surface area contributed by atoms with E-state index in [-0.39, 0.29) is 54.4 Å². The third kappa shape index (κ3) is 8.65. The Labute approximate surface area is 509 Å². The molecule has 6 heteroatoms. The monoisotopic (exact) mass is 1250 g/mol. The third-order valence-corrected chi connectivity index (χ3v) is 15.7. The Hall–Kier alpha value is -9.67. The van der Waals surface area contributed by atoms with E-state index in [1.165, 1.54) is 0 Å². The number of benzene rings is 11. The number of hydrogen-bond acceptors (Lipinski definition) is 3. The molecule has 4 aromatic heterocycles.